The van der Waals surface area contributed by atoms with Gasteiger partial charge in [0.25, 0.3) is 0 Å². The molecule has 1 amide bonds. The van der Waals surface area contributed by atoms with Crippen molar-refractivity contribution in [1.29, 1.82) is 0 Å². The van der Waals surface area contributed by atoms with Gasteiger partial charge in [-0.05, 0) is 36.8 Å². The van der Waals surface area contributed by atoms with Crippen LogP contribution in [0.4, 0.5) is 0 Å². The SMILES string of the molecule is COc1cc(OC)c(OC)cc1/C=C/C(=O)N1CC[C@@H]2CCCC[C@@H]2C1. The van der Waals surface area contributed by atoms with Crippen molar-refractivity contribution in [2.75, 3.05) is 34.4 Å². The maximum Gasteiger partial charge on any atom is 0.246 e. The quantitative estimate of drug-likeness (QED) is 0.751. The second kappa shape index (κ2) is 8.47. The van der Waals surface area contributed by atoms with E-state index in [1.165, 1.54) is 25.7 Å². The number of ether oxygens (including phenoxy) is 3. The lowest BCUT2D eigenvalue weighted by molar-refractivity contribution is -0.128. The molecule has 2 atom stereocenters. The van der Waals surface area contributed by atoms with Crippen LogP contribution in [-0.2, 0) is 4.79 Å². The number of amides is 1. The van der Waals surface area contributed by atoms with Gasteiger partial charge in [0, 0.05) is 30.8 Å². The van der Waals surface area contributed by atoms with Crippen LogP contribution in [0.1, 0.15) is 37.7 Å². The first-order valence-corrected chi connectivity index (χ1v) is 9.43. The highest BCUT2D eigenvalue weighted by Crippen LogP contribution is 2.37. The smallest absolute Gasteiger partial charge is 0.246 e. The number of carbonyl (C=O) groups excluding carboxylic acids is 1. The first-order chi connectivity index (χ1) is 12.7. The van der Waals surface area contributed by atoms with Crippen molar-refractivity contribution < 1.29 is 19.0 Å². The van der Waals surface area contributed by atoms with Gasteiger partial charge >= 0.3 is 0 Å². The Morgan fingerprint density at radius 2 is 1.62 bits per heavy atom. The highest BCUT2D eigenvalue weighted by molar-refractivity contribution is 5.92. The summed E-state index contributed by atoms with van der Waals surface area (Å²) in [5.41, 5.74) is 0.797. The van der Waals surface area contributed by atoms with E-state index >= 15 is 0 Å². The van der Waals surface area contributed by atoms with Crippen molar-refractivity contribution in [3.05, 3.63) is 23.8 Å². The lowest BCUT2D eigenvalue weighted by atomic mass is 9.75. The summed E-state index contributed by atoms with van der Waals surface area (Å²) in [6.07, 6.45) is 9.86. The van der Waals surface area contributed by atoms with Crippen molar-refractivity contribution >= 4 is 12.0 Å². The molecule has 1 saturated heterocycles. The maximum atomic E-state index is 12.7. The second-order valence-electron chi connectivity index (χ2n) is 7.16. The number of fused-ring (bicyclic) bond motifs is 1. The van der Waals surface area contributed by atoms with Gasteiger partial charge in [0.1, 0.15) is 5.75 Å². The van der Waals surface area contributed by atoms with Crippen LogP contribution < -0.4 is 14.2 Å². The average Bonchev–Trinajstić information content (AvgIpc) is 2.70. The van der Waals surface area contributed by atoms with Gasteiger partial charge < -0.3 is 19.1 Å². The summed E-state index contributed by atoms with van der Waals surface area (Å²) < 4.78 is 16.1. The molecular weight excluding hydrogens is 330 g/mol. The van der Waals surface area contributed by atoms with E-state index in [1.54, 1.807) is 39.5 Å². The molecule has 1 aliphatic carbocycles. The molecule has 142 valence electrons. The first kappa shape index (κ1) is 18.6. The van der Waals surface area contributed by atoms with Crippen LogP contribution in [-0.4, -0.2) is 45.2 Å². The summed E-state index contributed by atoms with van der Waals surface area (Å²) in [7, 11) is 4.79. The molecule has 1 aliphatic heterocycles. The molecule has 2 aliphatic rings. The zero-order chi connectivity index (χ0) is 18.5. The zero-order valence-electron chi connectivity index (χ0n) is 16.0. The Balaban J connectivity index is 1.71. The molecule has 1 aromatic carbocycles. The summed E-state index contributed by atoms with van der Waals surface area (Å²) in [5, 5.41) is 0. The standard InChI is InChI=1S/C21H29NO4/c1-24-18-13-20(26-3)19(25-2)12-16(18)8-9-21(23)22-11-10-15-6-4-5-7-17(15)14-22/h8-9,12-13,15,17H,4-7,10-11,14H2,1-3H3/b9-8+/t15-,17+/m0/s1. The monoisotopic (exact) mass is 359 g/mol. The first-order valence-electron chi connectivity index (χ1n) is 9.43. The number of methoxy groups -OCH3 is 3. The Morgan fingerprint density at radius 3 is 2.31 bits per heavy atom. The van der Waals surface area contributed by atoms with Crippen LogP contribution in [0.2, 0.25) is 0 Å². The van der Waals surface area contributed by atoms with Gasteiger partial charge in [0.2, 0.25) is 5.91 Å². The lowest BCUT2D eigenvalue weighted by Crippen LogP contribution is -2.44. The Morgan fingerprint density at radius 1 is 0.962 bits per heavy atom. The fourth-order valence-corrected chi connectivity index (χ4v) is 4.25. The van der Waals surface area contributed by atoms with Crippen LogP contribution in [0.5, 0.6) is 17.2 Å². The topological polar surface area (TPSA) is 48.0 Å². The number of hydrogen-bond donors (Lipinski definition) is 0. The molecule has 5 nitrogen and oxygen atoms in total. The van der Waals surface area contributed by atoms with E-state index < -0.39 is 0 Å². The Bertz CT molecular complexity index is 670. The minimum Gasteiger partial charge on any atom is -0.496 e. The highest BCUT2D eigenvalue weighted by Gasteiger charge is 2.32. The van der Waals surface area contributed by atoms with Gasteiger partial charge in [0.05, 0.1) is 21.3 Å². The molecular formula is C21H29NO4. The van der Waals surface area contributed by atoms with Gasteiger partial charge in [-0.25, -0.2) is 0 Å². The molecule has 0 unspecified atom stereocenters. The van der Waals surface area contributed by atoms with E-state index in [1.807, 2.05) is 11.0 Å². The molecule has 26 heavy (non-hydrogen) atoms. The van der Waals surface area contributed by atoms with Gasteiger partial charge in [-0.1, -0.05) is 19.3 Å². The average molecular weight is 359 g/mol. The third-order valence-corrected chi connectivity index (χ3v) is 5.74. The Labute approximate surface area is 155 Å². The number of likely N-dealkylation sites (tertiary alicyclic amines) is 1. The summed E-state index contributed by atoms with van der Waals surface area (Å²) in [5.74, 6) is 3.45. The predicted molar refractivity (Wildman–Crippen MR) is 102 cm³/mol. The number of benzene rings is 1. The fourth-order valence-electron chi connectivity index (χ4n) is 4.25. The molecule has 0 N–H and O–H groups in total. The van der Waals surface area contributed by atoms with Crippen LogP contribution in [0.3, 0.4) is 0 Å². The predicted octanol–water partition coefficient (Wildman–Crippen LogP) is 3.76. The number of hydrogen-bond acceptors (Lipinski definition) is 4. The Hall–Kier alpha value is -2.17. The molecule has 1 saturated carbocycles. The van der Waals surface area contributed by atoms with Crippen molar-refractivity contribution in [3.8, 4) is 17.2 Å². The van der Waals surface area contributed by atoms with Gasteiger partial charge in [-0.2, -0.15) is 0 Å². The van der Waals surface area contributed by atoms with Crippen LogP contribution in [0.15, 0.2) is 18.2 Å². The van der Waals surface area contributed by atoms with E-state index in [0.29, 0.717) is 23.2 Å². The normalized spacial score (nSPS) is 22.8. The van der Waals surface area contributed by atoms with E-state index in [2.05, 4.69) is 0 Å². The largest absolute Gasteiger partial charge is 0.496 e. The fraction of sp³-hybridized carbons (Fsp3) is 0.571. The van der Waals surface area contributed by atoms with Crippen LogP contribution in [0, 0.1) is 11.8 Å². The number of rotatable bonds is 5. The molecule has 0 radical (unpaired) electrons. The molecule has 0 spiro atoms. The number of carbonyl (C=O) groups is 1. The minimum absolute atomic E-state index is 0.0749. The third-order valence-electron chi connectivity index (χ3n) is 5.74. The van der Waals surface area contributed by atoms with Crippen LogP contribution >= 0.6 is 0 Å². The molecule has 3 rings (SSSR count). The van der Waals surface area contributed by atoms with Crippen molar-refractivity contribution in [2.45, 2.75) is 32.1 Å². The molecule has 2 fully saturated rings. The Kier molecular flexibility index (Phi) is 6.07. The summed E-state index contributed by atoms with van der Waals surface area (Å²) >= 11 is 0. The lowest BCUT2D eigenvalue weighted by Gasteiger charge is -2.41. The van der Waals surface area contributed by atoms with Crippen molar-refractivity contribution in [1.82, 2.24) is 4.90 Å². The summed E-state index contributed by atoms with van der Waals surface area (Å²) in [6.45, 7) is 1.77. The second-order valence-corrected chi connectivity index (χ2v) is 7.16. The van der Waals surface area contributed by atoms with E-state index in [-0.39, 0.29) is 5.91 Å². The van der Waals surface area contributed by atoms with E-state index in [9.17, 15) is 4.79 Å². The van der Waals surface area contributed by atoms with Gasteiger partial charge in [-0.15, -0.1) is 0 Å². The highest BCUT2D eigenvalue weighted by atomic mass is 16.5. The van der Waals surface area contributed by atoms with Crippen molar-refractivity contribution in [3.63, 3.8) is 0 Å². The van der Waals surface area contributed by atoms with E-state index in [4.69, 9.17) is 14.2 Å². The molecule has 1 aromatic rings. The van der Waals surface area contributed by atoms with Gasteiger partial charge in [0.15, 0.2) is 11.5 Å². The summed E-state index contributed by atoms with van der Waals surface area (Å²) in [6, 6.07) is 3.60. The molecule has 0 bridgehead atoms. The third kappa shape index (κ3) is 3.97. The van der Waals surface area contributed by atoms with E-state index in [0.717, 1.165) is 31.0 Å². The summed E-state index contributed by atoms with van der Waals surface area (Å²) in [4.78, 5) is 14.7. The van der Waals surface area contributed by atoms with Crippen LogP contribution in [0.25, 0.3) is 6.08 Å². The van der Waals surface area contributed by atoms with Crippen molar-refractivity contribution in [2.24, 2.45) is 11.8 Å². The number of nitrogens with zero attached hydrogens (tertiary/aromatic N) is 1. The molecule has 1 heterocycles. The molecule has 0 aromatic heterocycles. The molecule has 5 heteroatoms. The number of piperidine rings is 1. The minimum atomic E-state index is 0.0749. The maximum absolute atomic E-state index is 12.7. The zero-order valence-corrected chi connectivity index (χ0v) is 16.0. The van der Waals surface area contributed by atoms with Gasteiger partial charge in [-0.3, -0.25) is 4.79 Å².